The van der Waals surface area contributed by atoms with Crippen LogP contribution in [0.25, 0.3) is 0 Å². The fourth-order valence-electron chi connectivity index (χ4n) is 3.06. The summed E-state index contributed by atoms with van der Waals surface area (Å²) in [6.45, 7) is 4.35. The molecule has 7 nitrogen and oxygen atoms in total. The number of rotatable bonds is 7. The van der Waals surface area contributed by atoms with Gasteiger partial charge in [0.1, 0.15) is 11.0 Å². The van der Waals surface area contributed by atoms with Crippen LogP contribution in [0.2, 0.25) is 0 Å². The number of amides is 1. The van der Waals surface area contributed by atoms with Crippen molar-refractivity contribution < 1.29 is 13.2 Å². The molecule has 1 saturated heterocycles. The predicted octanol–water partition coefficient (Wildman–Crippen LogP) is 2.98. The number of hydrogen-bond acceptors (Lipinski definition) is 6. The van der Waals surface area contributed by atoms with Gasteiger partial charge in [-0.2, -0.15) is 4.31 Å². The number of nitrogens with one attached hydrogen (secondary N) is 1. The first-order chi connectivity index (χ1) is 12.9. The quantitative estimate of drug-likeness (QED) is 0.760. The Bertz CT molecular complexity index is 894. The zero-order valence-corrected chi connectivity index (χ0v) is 17.1. The van der Waals surface area contributed by atoms with E-state index in [-0.39, 0.29) is 10.8 Å². The molecule has 1 aliphatic heterocycles. The minimum Gasteiger partial charge on any atom is -0.299 e. The highest BCUT2D eigenvalue weighted by molar-refractivity contribution is 7.89. The third kappa shape index (κ3) is 4.53. The summed E-state index contributed by atoms with van der Waals surface area (Å²) in [5.74, 6) is -0.346. The SMILES string of the molecule is CCCCc1nnc(NC(=O)C2CCCN2S(=O)(=O)c2ccc(C)cc2)s1. The fraction of sp³-hybridized carbons (Fsp3) is 0.500. The molecule has 1 atom stereocenters. The van der Waals surface area contributed by atoms with Crippen molar-refractivity contribution in [1.82, 2.24) is 14.5 Å². The van der Waals surface area contributed by atoms with Crippen LogP contribution < -0.4 is 5.32 Å². The first-order valence-electron chi connectivity index (χ1n) is 9.13. The third-order valence-electron chi connectivity index (χ3n) is 4.58. The molecule has 0 aliphatic carbocycles. The summed E-state index contributed by atoms with van der Waals surface area (Å²) in [7, 11) is -3.71. The van der Waals surface area contributed by atoms with Gasteiger partial charge in [-0.05, 0) is 38.3 Å². The molecule has 0 saturated carbocycles. The van der Waals surface area contributed by atoms with Gasteiger partial charge < -0.3 is 0 Å². The monoisotopic (exact) mass is 408 g/mol. The van der Waals surface area contributed by atoms with Crippen molar-refractivity contribution in [2.75, 3.05) is 11.9 Å². The molecule has 2 heterocycles. The van der Waals surface area contributed by atoms with Crippen LogP contribution in [-0.2, 0) is 21.2 Å². The van der Waals surface area contributed by atoms with Gasteiger partial charge in [-0.15, -0.1) is 10.2 Å². The van der Waals surface area contributed by atoms with Crippen LogP contribution in [0, 0.1) is 6.92 Å². The molecule has 146 valence electrons. The van der Waals surface area contributed by atoms with E-state index in [1.54, 1.807) is 24.3 Å². The minimum atomic E-state index is -3.71. The van der Waals surface area contributed by atoms with E-state index in [4.69, 9.17) is 0 Å². The van der Waals surface area contributed by atoms with E-state index in [0.29, 0.717) is 24.5 Å². The predicted molar refractivity (Wildman–Crippen MR) is 105 cm³/mol. The molecule has 0 bridgehead atoms. The van der Waals surface area contributed by atoms with Gasteiger partial charge in [0.2, 0.25) is 21.1 Å². The number of carbonyl (C=O) groups excluding carboxylic acids is 1. The molecular formula is C18H24N4O3S2. The average Bonchev–Trinajstić information content (AvgIpc) is 3.30. The van der Waals surface area contributed by atoms with Gasteiger partial charge in [0.25, 0.3) is 0 Å². The normalized spacial score (nSPS) is 17.9. The van der Waals surface area contributed by atoms with Crippen molar-refractivity contribution in [2.24, 2.45) is 0 Å². The highest BCUT2D eigenvalue weighted by atomic mass is 32.2. The van der Waals surface area contributed by atoms with E-state index in [0.717, 1.165) is 29.8 Å². The maximum atomic E-state index is 13.0. The largest absolute Gasteiger partial charge is 0.299 e. The molecule has 1 aliphatic rings. The van der Waals surface area contributed by atoms with Crippen LogP contribution in [0.5, 0.6) is 0 Å². The molecular weight excluding hydrogens is 384 g/mol. The fourth-order valence-corrected chi connectivity index (χ4v) is 5.50. The van der Waals surface area contributed by atoms with Crippen LogP contribution >= 0.6 is 11.3 Å². The van der Waals surface area contributed by atoms with Crippen LogP contribution in [-0.4, -0.2) is 41.4 Å². The van der Waals surface area contributed by atoms with Crippen molar-refractivity contribution in [3.63, 3.8) is 0 Å². The second-order valence-corrected chi connectivity index (χ2v) is 9.63. The molecule has 0 radical (unpaired) electrons. The first-order valence-corrected chi connectivity index (χ1v) is 11.4. The molecule has 0 spiro atoms. The molecule has 1 aromatic heterocycles. The Balaban J connectivity index is 1.72. The zero-order valence-electron chi connectivity index (χ0n) is 15.5. The van der Waals surface area contributed by atoms with Gasteiger partial charge in [-0.25, -0.2) is 8.42 Å². The molecule has 1 fully saturated rings. The molecule has 1 unspecified atom stereocenters. The maximum absolute atomic E-state index is 13.0. The van der Waals surface area contributed by atoms with Gasteiger partial charge in [0.05, 0.1) is 4.90 Å². The minimum absolute atomic E-state index is 0.213. The molecule has 3 rings (SSSR count). The van der Waals surface area contributed by atoms with Crippen molar-refractivity contribution in [1.29, 1.82) is 0 Å². The highest BCUT2D eigenvalue weighted by Crippen LogP contribution is 2.27. The number of sulfonamides is 1. The van der Waals surface area contributed by atoms with Gasteiger partial charge in [0, 0.05) is 13.0 Å². The zero-order chi connectivity index (χ0) is 19.4. The Morgan fingerprint density at radius 2 is 2.04 bits per heavy atom. The summed E-state index contributed by atoms with van der Waals surface area (Å²) >= 11 is 1.34. The maximum Gasteiger partial charge on any atom is 0.244 e. The molecule has 2 aromatic rings. The molecule has 27 heavy (non-hydrogen) atoms. The number of hydrogen-bond donors (Lipinski definition) is 1. The lowest BCUT2D eigenvalue weighted by molar-refractivity contribution is -0.119. The van der Waals surface area contributed by atoms with E-state index in [9.17, 15) is 13.2 Å². The number of unbranched alkanes of at least 4 members (excludes halogenated alkanes) is 1. The standard InChI is InChI=1S/C18H24N4O3S2/c1-3-4-7-16-20-21-18(26-16)19-17(23)15-6-5-12-22(15)27(24,25)14-10-8-13(2)9-11-14/h8-11,15H,3-7,12H2,1-2H3,(H,19,21,23). The van der Waals surface area contributed by atoms with E-state index < -0.39 is 16.1 Å². The summed E-state index contributed by atoms with van der Waals surface area (Å²) in [6.07, 6.45) is 4.07. The smallest absolute Gasteiger partial charge is 0.244 e. The Morgan fingerprint density at radius 1 is 1.30 bits per heavy atom. The van der Waals surface area contributed by atoms with Crippen molar-refractivity contribution in [3.05, 3.63) is 34.8 Å². The van der Waals surface area contributed by atoms with E-state index in [1.165, 1.54) is 15.6 Å². The van der Waals surface area contributed by atoms with E-state index >= 15 is 0 Å². The van der Waals surface area contributed by atoms with E-state index in [2.05, 4.69) is 22.4 Å². The van der Waals surface area contributed by atoms with Crippen LogP contribution in [0.3, 0.4) is 0 Å². The summed E-state index contributed by atoms with van der Waals surface area (Å²) in [5, 5.41) is 12.1. The third-order valence-corrected chi connectivity index (χ3v) is 7.40. The summed E-state index contributed by atoms with van der Waals surface area (Å²) < 4.78 is 27.2. The number of anilines is 1. The van der Waals surface area contributed by atoms with E-state index in [1.807, 2.05) is 6.92 Å². The Kier molecular flexibility index (Phi) is 6.23. The highest BCUT2D eigenvalue weighted by Gasteiger charge is 2.39. The number of benzene rings is 1. The average molecular weight is 409 g/mol. The molecule has 1 N–H and O–H groups in total. The second kappa shape index (κ2) is 8.45. The topological polar surface area (TPSA) is 92.3 Å². The summed E-state index contributed by atoms with van der Waals surface area (Å²) in [5.41, 5.74) is 0.986. The molecule has 1 aromatic carbocycles. The van der Waals surface area contributed by atoms with Gasteiger partial charge in [-0.3, -0.25) is 10.1 Å². The van der Waals surface area contributed by atoms with Crippen molar-refractivity contribution >= 4 is 32.4 Å². The summed E-state index contributed by atoms with van der Waals surface area (Å²) in [6, 6.07) is 5.97. The number of aromatic nitrogens is 2. The van der Waals surface area contributed by atoms with Gasteiger partial charge in [0.15, 0.2) is 0 Å². The van der Waals surface area contributed by atoms with Gasteiger partial charge >= 0.3 is 0 Å². The Hall–Kier alpha value is -1.84. The van der Waals surface area contributed by atoms with Crippen LogP contribution in [0.15, 0.2) is 29.2 Å². The Labute approximate surface area is 163 Å². The van der Waals surface area contributed by atoms with Crippen LogP contribution in [0.4, 0.5) is 5.13 Å². The lowest BCUT2D eigenvalue weighted by atomic mass is 10.2. The molecule has 1 amide bonds. The summed E-state index contributed by atoms with van der Waals surface area (Å²) in [4.78, 5) is 12.9. The van der Waals surface area contributed by atoms with Crippen molar-refractivity contribution in [3.8, 4) is 0 Å². The van der Waals surface area contributed by atoms with Crippen LogP contribution in [0.1, 0.15) is 43.2 Å². The second-order valence-electron chi connectivity index (χ2n) is 6.68. The number of nitrogens with zero attached hydrogens (tertiary/aromatic N) is 3. The lowest BCUT2D eigenvalue weighted by Crippen LogP contribution is -2.43. The number of aryl methyl sites for hydroxylation is 2. The lowest BCUT2D eigenvalue weighted by Gasteiger charge is -2.23. The van der Waals surface area contributed by atoms with Gasteiger partial charge in [-0.1, -0.05) is 42.4 Å². The number of carbonyl (C=O) groups is 1. The van der Waals surface area contributed by atoms with Crippen molar-refractivity contribution in [2.45, 2.75) is 56.9 Å². The molecule has 9 heteroatoms. The first kappa shape index (κ1) is 19.9. The Morgan fingerprint density at radius 3 is 2.74 bits per heavy atom.